The molecule has 3 aliphatic heterocycles. The number of esters is 2. The molecular formula is C50H52O12S. The van der Waals surface area contributed by atoms with Crippen molar-refractivity contribution in [3.8, 4) is 0 Å². The quantitative estimate of drug-likeness (QED) is 0.0840. The second-order valence-electron chi connectivity index (χ2n) is 15.5. The molecule has 330 valence electrons. The molecule has 8 rings (SSSR count). The summed E-state index contributed by atoms with van der Waals surface area (Å²) in [7, 11) is 0. The lowest BCUT2D eigenvalue weighted by atomic mass is 9.96. The molecule has 0 radical (unpaired) electrons. The van der Waals surface area contributed by atoms with Crippen LogP contribution in [0.15, 0.2) is 157 Å². The summed E-state index contributed by atoms with van der Waals surface area (Å²) in [5, 5.41) is 0. The number of carbonyl (C=O) groups excluding carboxylic acids is 2. The second-order valence-corrected chi connectivity index (χ2v) is 16.6. The van der Waals surface area contributed by atoms with E-state index in [4.69, 9.17) is 47.4 Å². The fourth-order valence-electron chi connectivity index (χ4n) is 7.91. The van der Waals surface area contributed by atoms with Gasteiger partial charge in [-0.15, -0.1) is 0 Å². The van der Waals surface area contributed by atoms with Gasteiger partial charge in [0.2, 0.25) is 0 Å². The molecule has 0 saturated carbocycles. The van der Waals surface area contributed by atoms with Crippen LogP contribution in [-0.2, 0) is 76.8 Å². The van der Waals surface area contributed by atoms with Crippen molar-refractivity contribution in [3.05, 3.63) is 174 Å². The van der Waals surface area contributed by atoms with Crippen LogP contribution in [0.3, 0.4) is 0 Å². The van der Waals surface area contributed by atoms with E-state index in [1.165, 1.54) is 25.6 Å². The number of fused-ring (bicyclic) bond motifs is 1. The summed E-state index contributed by atoms with van der Waals surface area (Å²) >= 11 is 1.38. The lowest BCUT2D eigenvalue weighted by Gasteiger charge is -2.51. The van der Waals surface area contributed by atoms with Crippen LogP contribution in [0.1, 0.15) is 42.4 Å². The number of hydrogen-bond acceptors (Lipinski definition) is 13. The summed E-state index contributed by atoms with van der Waals surface area (Å²) in [4.78, 5) is 27.1. The van der Waals surface area contributed by atoms with E-state index in [1.54, 1.807) is 0 Å². The number of thioether (sulfide) groups is 1. The Labute approximate surface area is 372 Å². The topological polar surface area (TPSA) is 126 Å². The minimum Gasteiger partial charge on any atom is -0.456 e. The van der Waals surface area contributed by atoms with Crippen LogP contribution in [0.4, 0.5) is 0 Å². The number of benzene rings is 5. The van der Waals surface area contributed by atoms with Gasteiger partial charge in [-0.1, -0.05) is 151 Å². The maximum atomic E-state index is 13.2. The van der Waals surface area contributed by atoms with Crippen molar-refractivity contribution in [1.82, 2.24) is 0 Å². The zero-order chi connectivity index (χ0) is 43.4. The Morgan fingerprint density at radius 2 is 1.10 bits per heavy atom. The summed E-state index contributed by atoms with van der Waals surface area (Å²) in [6.07, 6.45) is -9.39. The predicted molar refractivity (Wildman–Crippen MR) is 232 cm³/mol. The van der Waals surface area contributed by atoms with Gasteiger partial charge in [0, 0.05) is 24.3 Å². The lowest BCUT2D eigenvalue weighted by Crippen LogP contribution is -2.67. The Bertz CT molecular complexity index is 2150. The molecule has 13 heteroatoms. The van der Waals surface area contributed by atoms with E-state index in [0.29, 0.717) is 6.61 Å². The lowest BCUT2D eigenvalue weighted by molar-refractivity contribution is -0.371. The van der Waals surface area contributed by atoms with Gasteiger partial charge in [-0.3, -0.25) is 9.59 Å². The molecule has 63 heavy (non-hydrogen) atoms. The van der Waals surface area contributed by atoms with Crippen LogP contribution in [0.5, 0.6) is 0 Å². The highest BCUT2D eigenvalue weighted by Gasteiger charge is 2.57. The van der Waals surface area contributed by atoms with Crippen LogP contribution in [-0.4, -0.2) is 85.7 Å². The Morgan fingerprint density at radius 3 is 1.68 bits per heavy atom. The smallest absolute Gasteiger partial charge is 0.303 e. The van der Waals surface area contributed by atoms with Gasteiger partial charge in [0.15, 0.2) is 24.8 Å². The third-order valence-electron chi connectivity index (χ3n) is 10.8. The number of ether oxygens (including phenoxy) is 10. The molecule has 3 fully saturated rings. The van der Waals surface area contributed by atoms with Crippen molar-refractivity contribution in [1.29, 1.82) is 0 Å². The molecule has 0 spiro atoms. The summed E-state index contributed by atoms with van der Waals surface area (Å²) < 4.78 is 65.9. The summed E-state index contributed by atoms with van der Waals surface area (Å²) in [6, 6.07) is 48.5. The first-order chi connectivity index (χ1) is 30.9. The number of hydrogen-bond donors (Lipinski definition) is 0. The molecule has 0 aliphatic carbocycles. The van der Waals surface area contributed by atoms with Gasteiger partial charge in [-0.05, 0) is 28.8 Å². The standard InChI is InChI=1S/C50H52O12S/c1-33(51)57-46-44(55-30-37-22-12-5-13-23-37)42(54-29-36-20-10-4-11-21-36)40(31-53-28-35-18-8-3-9-19-35)59-49(46)62-45-43-41(32-56-48(61-43)38-24-14-6-15-25-38)60-50(47(45)58-34(2)52)63-39-26-16-7-17-27-39/h3-27,40-50H,28-32H2,1-2H3/t40?,41?,42-,43-,44-,45+,46?,47?,48?,49-,50-/m1/s1. The molecule has 5 unspecified atom stereocenters. The molecule has 0 N–H and O–H groups in total. The van der Waals surface area contributed by atoms with Gasteiger partial charge in [-0.25, -0.2) is 0 Å². The maximum Gasteiger partial charge on any atom is 0.303 e. The van der Waals surface area contributed by atoms with Crippen molar-refractivity contribution in [2.45, 2.75) is 105 Å². The van der Waals surface area contributed by atoms with Crippen LogP contribution in [0.2, 0.25) is 0 Å². The molecule has 3 saturated heterocycles. The van der Waals surface area contributed by atoms with Gasteiger partial charge in [0.1, 0.15) is 42.1 Å². The molecule has 5 aromatic rings. The third kappa shape index (κ3) is 12.0. The number of carbonyl (C=O) groups is 2. The van der Waals surface area contributed by atoms with Crippen LogP contribution in [0, 0.1) is 0 Å². The van der Waals surface area contributed by atoms with Gasteiger partial charge in [-0.2, -0.15) is 0 Å². The highest BCUT2D eigenvalue weighted by Crippen LogP contribution is 2.43. The van der Waals surface area contributed by atoms with Crippen LogP contribution in [0.25, 0.3) is 0 Å². The van der Waals surface area contributed by atoms with Gasteiger partial charge in [0.05, 0.1) is 33.0 Å². The predicted octanol–water partition coefficient (Wildman–Crippen LogP) is 7.98. The molecule has 0 amide bonds. The van der Waals surface area contributed by atoms with Gasteiger partial charge < -0.3 is 47.4 Å². The molecule has 0 bridgehead atoms. The van der Waals surface area contributed by atoms with Gasteiger partial charge in [0.25, 0.3) is 0 Å². The fourth-order valence-corrected chi connectivity index (χ4v) is 9.04. The van der Waals surface area contributed by atoms with Crippen molar-refractivity contribution in [2.75, 3.05) is 13.2 Å². The van der Waals surface area contributed by atoms with Crippen LogP contribution >= 0.6 is 11.8 Å². The van der Waals surface area contributed by atoms with E-state index in [1.807, 2.05) is 152 Å². The summed E-state index contributed by atoms with van der Waals surface area (Å²) in [6.45, 7) is 3.54. The van der Waals surface area contributed by atoms with E-state index in [9.17, 15) is 9.59 Å². The van der Waals surface area contributed by atoms with Gasteiger partial charge >= 0.3 is 11.9 Å². The molecule has 5 aromatic carbocycles. The highest BCUT2D eigenvalue weighted by molar-refractivity contribution is 7.99. The minimum absolute atomic E-state index is 0.0618. The largest absolute Gasteiger partial charge is 0.456 e. The first-order valence-corrected chi connectivity index (χ1v) is 22.0. The first-order valence-electron chi connectivity index (χ1n) is 21.1. The minimum atomic E-state index is -1.30. The summed E-state index contributed by atoms with van der Waals surface area (Å²) in [5.41, 5.74) is 2.81. The van der Waals surface area contributed by atoms with E-state index in [2.05, 4.69) is 0 Å². The van der Waals surface area contributed by atoms with Crippen molar-refractivity contribution >= 4 is 23.7 Å². The Balaban J connectivity index is 1.17. The van der Waals surface area contributed by atoms with E-state index >= 15 is 0 Å². The van der Waals surface area contributed by atoms with E-state index in [0.717, 1.165) is 27.1 Å². The van der Waals surface area contributed by atoms with Crippen molar-refractivity contribution in [2.24, 2.45) is 0 Å². The Kier molecular flexibility index (Phi) is 15.7. The highest BCUT2D eigenvalue weighted by atomic mass is 32.2. The monoisotopic (exact) mass is 876 g/mol. The summed E-state index contributed by atoms with van der Waals surface area (Å²) in [5.74, 6) is -1.14. The number of rotatable bonds is 17. The molecule has 3 heterocycles. The zero-order valence-electron chi connectivity index (χ0n) is 35.1. The molecular weight excluding hydrogens is 825 g/mol. The molecule has 0 aromatic heterocycles. The molecule has 12 nitrogen and oxygen atoms in total. The maximum absolute atomic E-state index is 13.2. The SMILES string of the molecule is CC(=O)OC1[C@@H](Sc2ccccc2)OC2COC(c3ccccc3)O[C@H]2[C@@H]1O[C@H]1OC(COCc2ccccc2)[C@@H](OCc2ccccc2)[C@@H](OCc2ccccc2)C1OC(C)=O. The fraction of sp³-hybridized carbons (Fsp3) is 0.360. The van der Waals surface area contributed by atoms with Crippen LogP contribution < -0.4 is 0 Å². The van der Waals surface area contributed by atoms with E-state index in [-0.39, 0.29) is 26.4 Å². The van der Waals surface area contributed by atoms with E-state index < -0.39 is 78.8 Å². The molecule has 3 aliphatic rings. The third-order valence-corrected chi connectivity index (χ3v) is 12.0. The average molecular weight is 877 g/mol. The Hall–Kier alpha value is -4.93. The second kappa shape index (κ2) is 22.1. The molecule has 11 atom stereocenters. The zero-order valence-corrected chi connectivity index (χ0v) is 35.9. The van der Waals surface area contributed by atoms with Crippen molar-refractivity contribution < 1.29 is 57.0 Å². The average Bonchev–Trinajstić information content (AvgIpc) is 3.31. The van der Waals surface area contributed by atoms with Crippen molar-refractivity contribution in [3.63, 3.8) is 0 Å². The first kappa shape index (κ1) is 44.7. The normalized spacial score (nSPS) is 28.1. The Morgan fingerprint density at radius 1 is 0.571 bits per heavy atom.